The number of hydrogen-bond acceptors (Lipinski definition) is 7. The third kappa shape index (κ3) is 5.07. The van der Waals surface area contributed by atoms with Crippen LogP contribution < -0.4 is 14.8 Å². The zero-order chi connectivity index (χ0) is 20.1. The summed E-state index contributed by atoms with van der Waals surface area (Å²) in [6, 6.07) is 13.3. The van der Waals surface area contributed by atoms with Crippen molar-refractivity contribution >= 4 is 21.6 Å². The predicted molar refractivity (Wildman–Crippen MR) is 102 cm³/mol. The van der Waals surface area contributed by atoms with Gasteiger partial charge in [-0.2, -0.15) is 4.98 Å². The highest BCUT2D eigenvalue weighted by molar-refractivity contribution is 7.92. The Hall–Kier alpha value is -3.40. The van der Waals surface area contributed by atoms with E-state index in [2.05, 4.69) is 20.2 Å². The van der Waals surface area contributed by atoms with Gasteiger partial charge >= 0.3 is 0 Å². The highest BCUT2D eigenvalue weighted by atomic mass is 32.2. The fraction of sp³-hybridized carbons (Fsp3) is 0.167. The molecule has 0 saturated heterocycles. The van der Waals surface area contributed by atoms with E-state index in [1.165, 1.54) is 24.3 Å². The smallest absolute Gasteiger partial charge is 0.251 e. The van der Waals surface area contributed by atoms with E-state index in [0.717, 1.165) is 11.8 Å². The molecule has 146 valence electrons. The topological polar surface area (TPSA) is 123 Å². The number of ether oxygens (including phenoxy) is 1. The first-order valence-electron chi connectivity index (χ1n) is 8.17. The molecule has 0 radical (unpaired) electrons. The van der Waals surface area contributed by atoms with Crippen LogP contribution in [0, 0.1) is 0 Å². The molecule has 0 bridgehead atoms. The maximum absolute atomic E-state index is 12.2. The molecule has 3 rings (SSSR count). The summed E-state index contributed by atoms with van der Waals surface area (Å²) in [4.78, 5) is 16.5. The molecule has 1 aromatic heterocycles. The van der Waals surface area contributed by atoms with Crippen LogP contribution in [0.2, 0.25) is 0 Å². The first kappa shape index (κ1) is 19.4. The van der Waals surface area contributed by atoms with Gasteiger partial charge in [-0.15, -0.1) is 0 Å². The van der Waals surface area contributed by atoms with E-state index >= 15 is 0 Å². The Morgan fingerprint density at radius 1 is 1.18 bits per heavy atom. The number of hydrogen-bond donors (Lipinski definition) is 2. The highest BCUT2D eigenvalue weighted by Gasteiger charge is 2.12. The van der Waals surface area contributed by atoms with E-state index in [9.17, 15) is 13.2 Å². The molecular weight excluding hydrogens is 384 g/mol. The second-order valence-corrected chi connectivity index (χ2v) is 7.63. The Balaban J connectivity index is 1.61. The lowest BCUT2D eigenvalue weighted by Crippen LogP contribution is -2.23. The summed E-state index contributed by atoms with van der Waals surface area (Å²) >= 11 is 0. The number of rotatable bonds is 7. The molecule has 2 aromatic carbocycles. The Labute approximate surface area is 161 Å². The Kier molecular flexibility index (Phi) is 5.59. The molecule has 0 spiro atoms. The van der Waals surface area contributed by atoms with Crippen molar-refractivity contribution in [1.82, 2.24) is 15.5 Å². The van der Waals surface area contributed by atoms with E-state index in [4.69, 9.17) is 9.26 Å². The molecule has 0 aliphatic carbocycles. The SMILES string of the molecule is COc1cccc(-c2noc(CNC(=O)c3ccc(NS(C)(=O)=O)cc3)n2)c1. The number of sulfonamides is 1. The van der Waals surface area contributed by atoms with Gasteiger partial charge in [0.25, 0.3) is 5.91 Å². The second-order valence-electron chi connectivity index (χ2n) is 5.88. The van der Waals surface area contributed by atoms with Gasteiger partial charge in [-0.1, -0.05) is 17.3 Å². The van der Waals surface area contributed by atoms with Crippen molar-refractivity contribution in [2.24, 2.45) is 0 Å². The number of amides is 1. The van der Waals surface area contributed by atoms with Crippen LogP contribution >= 0.6 is 0 Å². The summed E-state index contributed by atoms with van der Waals surface area (Å²) in [5, 5.41) is 6.57. The molecule has 2 N–H and O–H groups in total. The van der Waals surface area contributed by atoms with Gasteiger partial charge in [0.2, 0.25) is 21.7 Å². The van der Waals surface area contributed by atoms with Crippen LogP contribution in [-0.2, 0) is 16.6 Å². The molecule has 0 atom stereocenters. The molecule has 10 heteroatoms. The Bertz CT molecular complexity index is 1080. The minimum Gasteiger partial charge on any atom is -0.497 e. The van der Waals surface area contributed by atoms with Crippen LogP contribution in [0.25, 0.3) is 11.4 Å². The quantitative estimate of drug-likeness (QED) is 0.620. The van der Waals surface area contributed by atoms with E-state index in [0.29, 0.717) is 22.8 Å². The van der Waals surface area contributed by atoms with Crippen LogP contribution in [0.3, 0.4) is 0 Å². The van der Waals surface area contributed by atoms with E-state index < -0.39 is 10.0 Å². The van der Waals surface area contributed by atoms with Crippen molar-refractivity contribution in [2.75, 3.05) is 18.1 Å². The first-order valence-corrected chi connectivity index (χ1v) is 10.1. The molecule has 1 amide bonds. The van der Waals surface area contributed by atoms with Crippen molar-refractivity contribution in [2.45, 2.75) is 6.54 Å². The zero-order valence-electron chi connectivity index (χ0n) is 15.2. The van der Waals surface area contributed by atoms with Crippen LogP contribution in [0.1, 0.15) is 16.2 Å². The average Bonchev–Trinajstić information content (AvgIpc) is 3.14. The molecule has 9 nitrogen and oxygen atoms in total. The third-order valence-corrected chi connectivity index (χ3v) is 4.25. The Morgan fingerprint density at radius 3 is 2.61 bits per heavy atom. The summed E-state index contributed by atoms with van der Waals surface area (Å²) in [5.41, 5.74) is 1.47. The largest absolute Gasteiger partial charge is 0.497 e. The van der Waals surface area contributed by atoms with E-state index in [1.807, 2.05) is 12.1 Å². The van der Waals surface area contributed by atoms with Crippen molar-refractivity contribution in [3.8, 4) is 17.1 Å². The normalized spacial score (nSPS) is 11.1. The third-order valence-electron chi connectivity index (χ3n) is 3.65. The lowest BCUT2D eigenvalue weighted by Gasteiger charge is -2.05. The molecule has 0 aliphatic rings. The minimum atomic E-state index is -3.37. The van der Waals surface area contributed by atoms with E-state index in [-0.39, 0.29) is 18.3 Å². The summed E-state index contributed by atoms with van der Waals surface area (Å²) in [6.07, 6.45) is 1.05. The number of aromatic nitrogens is 2. The fourth-order valence-electron chi connectivity index (χ4n) is 2.37. The van der Waals surface area contributed by atoms with Crippen LogP contribution in [0.15, 0.2) is 53.1 Å². The van der Waals surface area contributed by atoms with Gasteiger partial charge in [0.15, 0.2) is 0 Å². The van der Waals surface area contributed by atoms with Gasteiger partial charge in [-0.05, 0) is 36.4 Å². The van der Waals surface area contributed by atoms with Gasteiger partial charge in [0.1, 0.15) is 5.75 Å². The minimum absolute atomic E-state index is 0.0547. The molecule has 0 fully saturated rings. The Morgan fingerprint density at radius 2 is 1.93 bits per heavy atom. The molecule has 0 unspecified atom stereocenters. The van der Waals surface area contributed by atoms with Gasteiger partial charge in [0.05, 0.1) is 19.9 Å². The van der Waals surface area contributed by atoms with Crippen LogP contribution in [0.5, 0.6) is 5.75 Å². The van der Waals surface area contributed by atoms with Crippen LogP contribution in [-0.4, -0.2) is 37.8 Å². The molecular formula is C18H18N4O5S. The van der Waals surface area contributed by atoms with Gasteiger partial charge < -0.3 is 14.6 Å². The van der Waals surface area contributed by atoms with Crippen molar-refractivity contribution in [3.63, 3.8) is 0 Å². The average molecular weight is 402 g/mol. The first-order chi connectivity index (χ1) is 13.3. The molecule has 0 saturated carbocycles. The maximum atomic E-state index is 12.2. The standard InChI is InChI=1S/C18H18N4O5S/c1-26-15-5-3-4-13(10-15)17-20-16(27-21-17)11-19-18(23)12-6-8-14(9-7-12)22-28(2,24)25/h3-10,22H,11H2,1-2H3,(H,19,23). The van der Waals surface area contributed by atoms with E-state index in [1.54, 1.807) is 19.2 Å². The number of nitrogens with one attached hydrogen (secondary N) is 2. The van der Waals surface area contributed by atoms with Gasteiger partial charge in [-0.3, -0.25) is 9.52 Å². The van der Waals surface area contributed by atoms with Crippen molar-refractivity contribution in [3.05, 3.63) is 60.0 Å². The van der Waals surface area contributed by atoms with Crippen molar-refractivity contribution in [1.29, 1.82) is 0 Å². The maximum Gasteiger partial charge on any atom is 0.251 e. The number of carbonyl (C=O) groups excluding carboxylic acids is 1. The molecule has 28 heavy (non-hydrogen) atoms. The second kappa shape index (κ2) is 8.09. The monoisotopic (exact) mass is 402 g/mol. The predicted octanol–water partition coefficient (Wildman–Crippen LogP) is 2.05. The number of benzene rings is 2. The van der Waals surface area contributed by atoms with Gasteiger partial charge in [-0.25, -0.2) is 8.42 Å². The lowest BCUT2D eigenvalue weighted by molar-refractivity contribution is 0.0946. The molecule has 0 aliphatic heterocycles. The lowest BCUT2D eigenvalue weighted by atomic mass is 10.2. The molecule has 1 heterocycles. The fourth-order valence-corrected chi connectivity index (χ4v) is 2.93. The van der Waals surface area contributed by atoms with Gasteiger partial charge in [0, 0.05) is 16.8 Å². The number of methoxy groups -OCH3 is 1. The van der Waals surface area contributed by atoms with Crippen molar-refractivity contribution < 1.29 is 22.5 Å². The summed E-state index contributed by atoms with van der Waals surface area (Å²) in [6.45, 7) is 0.0547. The molecule has 3 aromatic rings. The summed E-state index contributed by atoms with van der Waals surface area (Å²) in [5.74, 6) is 0.957. The zero-order valence-corrected chi connectivity index (χ0v) is 16.0. The summed E-state index contributed by atoms with van der Waals surface area (Å²) in [7, 11) is -1.80. The number of nitrogens with zero attached hydrogens (tertiary/aromatic N) is 2. The summed E-state index contributed by atoms with van der Waals surface area (Å²) < 4.78 is 35.1. The highest BCUT2D eigenvalue weighted by Crippen LogP contribution is 2.21. The number of anilines is 1. The number of carbonyl (C=O) groups is 1. The van der Waals surface area contributed by atoms with Crippen LogP contribution in [0.4, 0.5) is 5.69 Å².